The summed E-state index contributed by atoms with van der Waals surface area (Å²) < 4.78 is 10.4. The molecule has 0 amide bonds. The zero-order chi connectivity index (χ0) is 16.3. The summed E-state index contributed by atoms with van der Waals surface area (Å²) in [6, 6.07) is 0. The lowest BCUT2D eigenvalue weighted by atomic mass is 9.96. The van der Waals surface area contributed by atoms with Crippen molar-refractivity contribution >= 4 is 11.9 Å². The normalized spacial score (nSPS) is 11.6. The Bertz CT molecular complexity index is 324. The van der Waals surface area contributed by atoms with Gasteiger partial charge in [0, 0.05) is 12.2 Å². The smallest absolute Gasteiger partial charge is 0.331 e. The van der Waals surface area contributed by atoms with Crippen molar-refractivity contribution in [1.29, 1.82) is 0 Å². The van der Waals surface area contributed by atoms with E-state index in [4.69, 9.17) is 9.47 Å². The molecule has 0 aliphatic rings. The van der Waals surface area contributed by atoms with E-state index in [1.807, 2.05) is 27.7 Å². The quantitative estimate of drug-likeness (QED) is 0.349. The molecule has 0 spiro atoms. The number of hydrogen-bond donors (Lipinski definition) is 0. The fraction of sp³-hybridized carbons (Fsp3) is 0.765. The largest absolute Gasteiger partial charge is 0.463 e. The maximum absolute atomic E-state index is 11.7. The SMILES string of the molecule is CCCCCCOC(=O)/C=C/C(=O)OC(C(C)C)C(C)C. The van der Waals surface area contributed by atoms with Gasteiger partial charge in [0.1, 0.15) is 6.10 Å². The molecule has 0 aliphatic carbocycles. The van der Waals surface area contributed by atoms with Crippen molar-refractivity contribution in [2.75, 3.05) is 6.61 Å². The third-order valence-corrected chi connectivity index (χ3v) is 3.16. The van der Waals surface area contributed by atoms with Crippen LogP contribution in [-0.2, 0) is 19.1 Å². The second-order valence-corrected chi connectivity index (χ2v) is 5.95. The fourth-order valence-electron chi connectivity index (χ4n) is 2.10. The summed E-state index contributed by atoms with van der Waals surface area (Å²) >= 11 is 0. The number of carbonyl (C=O) groups excluding carboxylic acids is 2. The first-order chi connectivity index (χ1) is 9.88. The topological polar surface area (TPSA) is 52.6 Å². The van der Waals surface area contributed by atoms with E-state index in [9.17, 15) is 9.59 Å². The van der Waals surface area contributed by atoms with Gasteiger partial charge in [-0.1, -0.05) is 53.9 Å². The molecule has 122 valence electrons. The molecule has 0 saturated carbocycles. The van der Waals surface area contributed by atoms with Gasteiger partial charge in [0.15, 0.2) is 0 Å². The summed E-state index contributed by atoms with van der Waals surface area (Å²) in [6.07, 6.45) is 6.34. The van der Waals surface area contributed by atoms with Gasteiger partial charge in [-0.2, -0.15) is 0 Å². The molecular weight excluding hydrogens is 268 g/mol. The Kier molecular flexibility index (Phi) is 10.6. The monoisotopic (exact) mass is 298 g/mol. The Morgan fingerprint density at radius 2 is 1.48 bits per heavy atom. The number of carbonyl (C=O) groups is 2. The van der Waals surface area contributed by atoms with Crippen LogP contribution in [0.15, 0.2) is 12.2 Å². The number of hydrogen-bond acceptors (Lipinski definition) is 4. The molecule has 0 rings (SSSR count). The van der Waals surface area contributed by atoms with Gasteiger partial charge < -0.3 is 9.47 Å². The lowest BCUT2D eigenvalue weighted by molar-refractivity contribution is -0.148. The maximum atomic E-state index is 11.7. The van der Waals surface area contributed by atoms with E-state index in [-0.39, 0.29) is 17.9 Å². The predicted octanol–water partition coefficient (Wildman–Crippen LogP) is 3.89. The van der Waals surface area contributed by atoms with Gasteiger partial charge in [-0.15, -0.1) is 0 Å². The highest BCUT2D eigenvalue weighted by molar-refractivity contribution is 5.91. The highest BCUT2D eigenvalue weighted by Crippen LogP contribution is 2.16. The van der Waals surface area contributed by atoms with Crippen LogP contribution in [0.25, 0.3) is 0 Å². The first-order valence-electron chi connectivity index (χ1n) is 7.93. The number of rotatable bonds is 10. The van der Waals surface area contributed by atoms with Crippen molar-refractivity contribution in [1.82, 2.24) is 0 Å². The highest BCUT2D eigenvalue weighted by atomic mass is 16.5. The van der Waals surface area contributed by atoms with Crippen LogP contribution in [0.5, 0.6) is 0 Å². The molecule has 0 N–H and O–H groups in total. The Balaban J connectivity index is 4.04. The summed E-state index contributed by atoms with van der Waals surface area (Å²) in [5.74, 6) is -0.500. The van der Waals surface area contributed by atoms with Crippen molar-refractivity contribution in [3.63, 3.8) is 0 Å². The number of unbranched alkanes of at least 4 members (excludes halogenated alkanes) is 3. The second-order valence-electron chi connectivity index (χ2n) is 5.95. The summed E-state index contributed by atoms with van der Waals surface area (Å²) in [4.78, 5) is 23.1. The Morgan fingerprint density at radius 3 is 2.00 bits per heavy atom. The molecule has 0 atom stereocenters. The van der Waals surface area contributed by atoms with E-state index in [0.717, 1.165) is 37.8 Å². The molecule has 4 heteroatoms. The van der Waals surface area contributed by atoms with Crippen LogP contribution in [0.1, 0.15) is 60.3 Å². The minimum Gasteiger partial charge on any atom is -0.463 e. The molecule has 21 heavy (non-hydrogen) atoms. The molecule has 4 nitrogen and oxygen atoms in total. The zero-order valence-corrected chi connectivity index (χ0v) is 14.1. The van der Waals surface area contributed by atoms with E-state index < -0.39 is 11.9 Å². The molecule has 0 aliphatic heterocycles. The lowest BCUT2D eigenvalue weighted by Crippen LogP contribution is -2.28. The van der Waals surface area contributed by atoms with Crippen molar-refractivity contribution in [2.45, 2.75) is 66.4 Å². The van der Waals surface area contributed by atoms with Gasteiger partial charge in [-0.05, 0) is 18.3 Å². The highest BCUT2D eigenvalue weighted by Gasteiger charge is 2.20. The third kappa shape index (κ3) is 10.1. The van der Waals surface area contributed by atoms with E-state index >= 15 is 0 Å². The molecule has 0 heterocycles. The molecule has 0 fully saturated rings. The van der Waals surface area contributed by atoms with E-state index in [1.54, 1.807) is 0 Å². The molecule has 0 aromatic carbocycles. The molecular formula is C17H30O4. The summed E-state index contributed by atoms with van der Waals surface area (Å²) in [5.41, 5.74) is 0. The average molecular weight is 298 g/mol. The number of ether oxygens (including phenoxy) is 2. The van der Waals surface area contributed by atoms with Crippen molar-refractivity contribution in [3.05, 3.63) is 12.2 Å². The summed E-state index contributed by atoms with van der Waals surface area (Å²) in [6.45, 7) is 10.6. The van der Waals surface area contributed by atoms with Crippen LogP contribution in [-0.4, -0.2) is 24.6 Å². The van der Waals surface area contributed by atoms with Crippen LogP contribution in [0, 0.1) is 11.8 Å². The average Bonchev–Trinajstić information content (AvgIpc) is 2.41. The molecule has 0 aromatic rings. The third-order valence-electron chi connectivity index (χ3n) is 3.16. The standard InChI is InChI=1S/C17H30O4/c1-6-7-8-9-12-20-15(18)10-11-16(19)21-17(13(2)3)14(4)5/h10-11,13-14,17H,6-9,12H2,1-5H3/b11-10+. The van der Waals surface area contributed by atoms with Gasteiger partial charge in [-0.3, -0.25) is 0 Å². The maximum Gasteiger partial charge on any atom is 0.331 e. The zero-order valence-electron chi connectivity index (χ0n) is 14.1. The van der Waals surface area contributed by atoms with E-state index in [0.29, 0.717) is 6.61 Å². The van der Waals surface area contributed by atoms with Crippen molar-refractivity contribution < 1.29 is 19.1 Å². The molecule has 0 radical (unpaired) electrons. The van der Waals surface area contributed by atoms with Gasteiger partial charge in [0.25, 0.3) is 0 Å². The lowest BCUT2D eigenvalue weighted by Gasteiger charge is -2.24. The minimum atomic E-state index is -0.495. The van der Waals surface area contributed by atoms with Crippen molar-refractivity contribution in [3.8, 4) is 0 Å². The van der Waals surface area contributed by atoms with Crippen molar-refractivity contribution in [2.24, 2.45) is 11.8 Å². The van der Waals surface area contributed by atoms with Gasteiger partial charge >= 0.3 is 11.9 Å². The van der Waals surface area contributed by atoms with Gasteiger partial charge in [0.05, 0.1) is 6.61 Å². The number of esters is 2. The van der Waals surface area contributed by atoms with Crippen LogP contribution in [0.4, 0.5) is 0 Å². The van der Waals surface area contributed by atoms with Gasteiger partial charge in [-0.25, -0.2) is 9.59 Å². The van der Waals surface area contributed by atoms with E-state index in [2.05, 4.69) is 6.92 Å². The molecule has 0 unspecified atom stereocenters. The molecule has 0 bridgehead atoms. The first-order valence-corrected chi connectivity index (χ1v) is 7.93. The minimum absolute atomic E-state index is 0.146. The molecule has 0 aromatic heterocycles. The fourth-order valence-corrected chi connectivity index (χ4v) is 2.10. The predicted molar refractivity (Wildman–Crippen MR) is 83.8 cm³/mol. The van der Waals surface area contributed by atoms with E-state index in [1.165, 1.54) is 0 Å². The van der Waals surface area contributed by atoms with Crippen LogP contribution in [0.2, 0.25) is 0 Å². The van der Waals surface area contributed by atoms with Crippen LogP contribution >= 0.6 is 0 Å². The Labute approximate surface area is 128 Å². The Hall–Kier alpha value is -1.32. The van der Waals surface area contributed by atoms with Gasteiger partial charge in [0.2, 0.25) is 0 Å². The Morgan fingerprint density at radius 1 is 0.905 bits per heavy atom. The molecule has 0 saturated heterocycles. The second kappa shape index (κ2) is 11.4. The van der Waals surface area contributed by atoms with Crippen LogP contribution in [0.3, 0.4) is 0 Å². The summed E-state index contributed by atoms with van der Waals surface area (Å²) in [7, 11) is 0. The van der Waals surface area contributed by atoms with Crippen LogP contribution < -0.4 is 0 Å². The first kappa shape index (κ1) is 19.7. The summed E-state index contributed by atoms with van der Waals surface area (Å²) in [5, 5.41) is 0.